The van der Waals surface area contributed by atoms with Crippen molar-refractivity contribution in [3.8, 4) is 0 Å². The third-order valence-corrected chi connectivity index (χ3v) is 8.19. The van der Waals surface area contributed by atoms with Crippen molar-refractivity contribution in [3.05, 3.63) is 65.4 Å². The molecule has 0 radical (unpaired) electrons. The Bertz CT molecular complexity index is 1320. The molecule has 3 aromatic rings. The number of aryl methyl sites for hydroxylation is 1. The molecule has 0 aliphatic carbocycles. The average molecular weight is 499 g/mol. The lowest BCUT2D eigenvalue weighted by atomic mass is 9.99. The summed E-state index contributed by atoms with van der Waals surface area (Å²) in [6.45, 7) is 6.35. The highest BCUT2D eigenvalue weighted by atomic mass is 32.2. The standard InChI is InChI=1S/C26H34N4O4S/c1-5-19-15-30-16-35(33,34)29(4)23-13-20(12-21(19)25(23)30)26(32)28-22(24(31)14-27-17(2)3)11-18-9-7-6-8-10-18/h6-10,12-13,15,17,22,24,27,31H,5,11,14,16H2,1-4H3,(H,28,32)/t22-,24+/m0/s1. The number of hydrogen-bond acceptors (Lipinski definition) is 5. The quantitative estimate of drug-likeness (QED) is 0.421. The predicted octanol–water partition coefficient (Wildman–Crippen LogP) is 2.64. The summed E-state index contributed by atoms with van der Waals surface area (Å²) in [6, 6.07) is 12.8. The topological polar surface area (TPSA) is 104 Å². The van der Waals surface area contributed by atoms with E-state index in [1.54, 1.807) is 10.6 Å². The van der Waals surface area contributed by atoms with E-state index in [-0.39, 0.29) is 17.8 Å². The van der Waals surface area contributed by atoms with E-state index in [0.717, 1.165) is 22.0 Å². The van der Waals surface area contributed by atoms with Crippen LogP contribution < -0.4 is 14.9 Å². The van der Waals surface area contributed by atoms with Crippen LogP contribution in [-0.4, -0.2) is 55.8 Å². The molecule has 1 aliphatic heterocycles. The smallest absolute Gasteiger partial charge is 0.253 e. The van der Waals surface area contributed by atoms with E-state index in [1.807, 2.05) is 63.4 Å². The molecule has 3 N–H and O–H groups in total. The number of benzene rings is 2. The van der Waals surface area contributed by atoms with Crippen LogP contribution >= 0.6 is 0 Å². The maximum atomic E-state index is 13.5. The highest BCUT2D eigenvalue weighted by Crippen LogP contribution is 2.37. The highest BCUT2D eigenvalue weighted by molar-refractivity contribution is 7.91. The Kier molecular flexibility index (Phi) is 7.21. The van der Waals surface area contributed by atoms with E-state index >= 15 is 0 Å². The molecule has 0 saturated carbocycles. The van der Waals surface area contributed by atoms with Crippen molar-refractivity contribution in [1.29, 1.82) is 0 Å². The molecular weight excluding hydrogens is 464 g/mol. The van der Waals surface area contributed by atoms with Crippen molar-refractivity contribution in [3.63, 3.8) is 0 Å². The number of amides is 1. The number of aliphatic hydroxyl groups excluding tert-OH is 1. The van der Waals surface area contributed by atoms with Crippen molar-refractivity contribution in [2.24, 2.45) is 0 Å². The second-order valence-corrected chi connectivity index (χ2v) is 11.4. The van der Waals surface area contributed by atoms with Gasteiger partial charge in [0.05, 0.1) is 23.3 Å². The molecule has 0 saturated heterocycles. The van der Waals surface area contributed by atoms with Gasteiger partial charge in [0.25, 0.3) is 15.9 Å². The molecule has 0 spiro atoms. The Morgan fingerprint density at radius 3 is 2.54 bits per heavy atom. The number of aromatic nitrogens is 1. The maximum absolute atomic E-state index is 13.5. The molecule has 35 heavy (non-hydrogen) atoms. The highest BCUT2D eigenvalue weighted by Gasteiger charge is 2.31. The summed E-state index contributed by atoms with van der Waals surface area (Å²) < 4.78 is 28.5. The molecule has 9 heteroatoms. The number of carbonyl (C=O) groups excluding carboxylic acids is 1. The molecule has 4 rings (SSSR count). The number of nitrogens with one attached hydrogen (secondary N) is 2. The van der Waals surface area contributed by atoms with Gasteiger partial charge in [-0.2, -0.15) is 0 Å². The summed E-state index contributed by atoms with van der Waals surface area (Å²) in [6.07, 6.45) is 2.24. The van der Waals surface area contributed by atoms with Crippen LogP contribution in [0, 0.1) is 0 Å². The maximum Gasteiger partial charge on any atom is 0.253 e. The van der Waals surface area contributed by atoms with E-state index in [1.165, 1.54) is 11.4 Å². The number of sulfonamides is 1. The lowest BCUT2D eigenvalue weighted by Crippen LogP contribution is -2.49. The first-order valence-electron chi connectivity index (χ1n) is 12.0. The van der Waals surface area contributed by atoms with E-state index in [4.69, 9.17) is 0 Å². The minimum Gasteiger partial charge on any atom is -0.390 e. The van der Waals surface area contributed by atoms with Gasteiger partial charge < -0.3 is 20.3 Å². The van der Waals surface area contributed by atoms with Crippen LogP contribution in [0.4, 0.5) is 5.69 Å². The Morgan fingerprint density at radius 1 is 1.17 bits per heavy atom. The lowest BCUT2D eigenvalue weighted by Gasteiger charge is -2.28. The minimum absolute atomic E-state index is 0.118. The molecule has 2 atom stereocenters. The zero-order valence-electron chi connectivity index (χ0n) is 20.7. The van der Waals surface area contributed by atoms with Gasteiger partial charge in [-0.25, -0.2) is 8.42 Å². The first-order chi connectivity index (χ1) is 16.6. The molecule has 1 amide bonds. The van der Waals surface area contributed by atoms with Gasteiger partial charge in [-0.15, -0.1) is 0 Å². The van der Waals surface area contributed by atoms with Crippen molar-refractivity contribution in [2.75, 3.05) is 17.9 Å². The summed E-state index contributed by atoms with van der Waals surface area (Å²) in [7, 11) is -2.01. The first kappa shape index (κ1) is 25.2. The van der Waals surface area contributed by atoms with Crippen molar-refractivity contribution in [1.82, 2.24) is 15.2 Å². The number of carbonyl (C=O) groups is 1. The lowest BCUT2D eigenvalue weighted by molar-refractivity contribution is 0.0827. The summed E-state index contributed by atoms with van der Waals surface area (Å²) >= 11 is 0. The normalized spacial score (nSPS) is 16.5. The van der Waals surface area contributed by atoms with Crippen molar-refractivity contribution >= 4 is 32.5 Å². The zero-order chi connectivity index (χ0) is 25.3. The number of rotatable bonds is 9. The monoisotopic (exact) mass is 498 g/mol. The third-order valence-electron chi connectivity index (χ3n) is 6.55. The van der Waals surface area contributed by atoms with Crippen LogP contribution in [-0.2, 0) is 28.7 Å². The molecule has 0 bridgehead atoms. The molecule has 1 aliphatic rings. The van der Waals surface area contributed by atoms with E-state index in [0.29, 0.717) is 30.6 Å². The summed E-state index contributed by atoms with van der Waals surface area (Å²) in [5.74, 6) is -0.467. The predicted molar refractivity (Wildman–Crippen MR) is 139 cm³/mol. The Labute approximate surface area is 207 Å². The van der Waals surface area contributed by atoms with Gasteiger partial charge in [0.2, 0.25) is 0 Å². The van der Waals surface area contributed by atoms with Gasteiger partial charge >= 0.3 is 0 Å². The minimum atomic E-state index is -3.53. The Balaban J connectivity index is 1.68. The van der Waals surface area contributed by atoms with Gasteiger partial charge in [-0.05, 0) is 36.1 Å². The molecular formula is C26H34N4O4S. The molecule has 2 aromatic carbocycles. The van der Waals surface area contributed by atoms with Gasteiger partial charge in [0.15, 0.2) is 0 Å². The Morgan fingerprint density at radius 2 is 1.89 bits per heavy atom. The van der Waals surface area contributed by atoms with Crippen LogP contribution in [0.1, 0.15) is 42.3 Å². The van der Waals surface area contributed by atoms with Gasteiger partial charge in [-0.1, -0.05) is 51.1 Å². The van der Waals surface area contributed by atoms with E-state index in [2.05, 4.69) is 10.6 Å². The zero-order valence-corrected chi connectivity index (χ0v) is 21.5. The second-order valence-electron chi connectivity index (χ2n) is 9.48. The van der Waals surface area contributed by atoms with E-state index in [9.17, 15) is 18.3 Å². The fourth-order valence-corrected chi connectivity index (χ4v) is 5.72. The second kappa shape index (κ2) is 10.0. The summed E-state index contributed by atoms with van der Waals surface area (Å²) in [5, 5.41) is 18.0. The number of hydrogen-bond donors (Lipinski definition) is 3. The third kappa shape index (κ3) is 5.22. The first-order valence-corrected chi connectivity index (χ1v) is 13.6. The largest absolute Gasteiger partial charge is 0.390 e. The fourth-order valence-electron chi connectivity index (χ4n) is 4.56. The van der Waals surface area contributed by atoms with Gasteiger partial charge in [-0.3, -0.25) is 9.10 Å². The van der Waals surface area contributed by atoms with Crippen LogP contribution in [0.3, 0.4) is 0 Å². The molecule has 188 valence electrons. The number of anilines is 1. The summed E-state index contributed by atoms with van der Waals surface area (Å²) in [4.78, 5) is 13.5. The fraction of sp³-hybridized carbons (Fsp3) is 0.423. The van der Waals surface area contributed by atoms with Crippen molar-refractivity contribution in [2.45, 2.75) is 57.7 Å². The molecule has 1 aromatic heterocycles. The van der Waals surface area contributed by atoms with Gasteiger partial charge in [0.1, 0.15) is 5.88 Å². The summed E-state index contributed by atoms with van der Waals surface area (Å²) in [5.41, 5.74) is 3.66. The SMILES string of the molecule is CCc1cn2c3c(cc(C(=O)N[C@@H](Cc4ccccc4)[C@H](O)CNC(C)C)cc13)N(C)S(=O)(=O)C2. The van der Waals surface area contributed by atoms with Crippen molar-refractivity contribution < 1.29 is 18.3 Å². The molecule has 8 nitrogen and oxygen atoms in total. The average Bonchev–Trinajstić information content (AvgIpc) is 3.18. The van der Waals surface area contributed by atoms with E-state index < -0.39 is 22.2 Å². The van der Waals surface area contributed by atoms with Crippen LogP contribution in [0.25, 0.3) is 10.9 Å². The molecule has 2 heterocycles. The number of nitrogens with zero attached hydrogens (tertiary/aromatic N) is 2. The van der Waals surface area contributed by atoms with Crippen LogP contribution in [0.5, 0.6) is 0 Å². The Hall–Kier alpha value is -2.88. The molecule has 0 fully saturated rings. The number of aliphatic hydroxyl groups is 1. The van der Waals surface area contributed by atoms with Crippen LogP contribution in [0.15, 0.2) is 48.7 Å². The molecule has 0 unspecified atom stereocenters. The van der Waals surface area contributed by atoms with Crippen LogP contribution in [0.2, 0.25) is 0 Å². The van der Waals surface area contributed by atoms with Gasteiger partial charge in [0, 0.05) is 36.8 Å².